The van der Waals surface area contributed by atoms with Crippen molar-refractivity contribution in [3.8, 4) is 11.8 Å². The average molecular weight is 559 g/mol. The van der Waals surface area contributed by atoms with Crippen molar-refractivity contribution in [1.29, 1.82) is 0 Å². The Balaban J connectivity index is 1.25. The molecule has 0 aliphatic carbocycles. The molecule has 2 saturated heterocycles. The zero-order valence-corrected chi connectivity index (χ0v) is 23.6. The number of phenols is 1. The molecule has 216 valence electrons. The Morgan fingerprint density at radius 2 is 1.90 bits per heavy atom. The molecule has 0 unspecified atom stereocenters. The fraction of sp³-hybridized carbons (Fsp3) is 0.452. The highest BCUT2D eigenvalue weighted by atomic mass is 16.5. The third-order valence-corrected chi connectivity index (χ3v) is 8.38. The van der Waals surface area contributed by atoms with Crippen LogP contribution in [0.2, 0.25) is 0 Å². The summed E-state index contributed by atoms with van der Waals surface area (Å²) in [5, 5.41) is 12.6. The highest BCUT2D eigenvalue weighted by molar-refractivity contribution is 5.95. The molecule has 2 fully saturated rings. The number of methoxy groups -OCH3 is 1. The van der Waals surface area contributed by atoms with E-state index in [0.29, 0.717) is 25.3 Å². The monoisotopic (exact) mass is 558 g/mol. The van der Waals surface area contributed by atoms with Gasteiger partial charge in [0.05, 0.1) is 18.3 Å². The Morgan fingerprint density at radius 3 is 2.71 bits per heavy atom. The van der Waals surface area contributed by atoms with Crippen molar-refractivity contribution < 1.29 is 19.4 Å². The third-order valence-electron chi connectivity index (χ3n) is 8.38. The zero-order valence-electron chi connectivity index (χ0n) is 23.6. The number of anilines is 2. The van der Waals surface area contributed by atoms with Crippen LogP contribution >= 0.6 is 0 Å². The first-order valence-electron chi connectivity index (χ1n) is 14.5. The number of fused-ring (bicyclic) bond motifs is 2. The second-order valence-electron chi connectivity index (χ2n) is 10.9. The molecule has 0 amide bonds. The number of aromatic hydroxyl groups is 1. The molecule has 2 aromatic carbocycles. The lowest BCUT2D eigenvalue weighted by molar-refractivity contribution is -0.104. The van der Waals surface area contributed by atoms with Crippen LogP contribution in [0.25, 0.3) is 10.8 Å². The van der Waals surface area contributed by atoms with Crippen molar-refractivity contribution in [3.05, 3.63) is 59.9 Å². The SMILES string of the molecule is CO[C@H]1CCN(CCOc2nc3c(c(N4CCN(C=CC=O)CC4)n2)CCN(c2cc(O)cc4ccccc24)C3)C1. The molecule has 1 atom stereocenters. The Morgan fingerprint density at radius 1 is 1.05 bits per heavy atom. The van der Waals surface area contributed by atoms with Gasteiger partial charge >= 0.3 is 6.01 Å². The molecule has 0 saturated carbocycles. The van der Waals surface area contributed by atoms with E-state index in [0.717, 1.165) is 105 Å². The van der Waals surface area contributed by atoms with E-state index in [1.807, 2.05) is 36.5 Å². The topological polar surface area (TPSA) is 94.5 Å². The third kappa shape index (κ3) is 6.08. The molecule has 3 aliphatic rings. The van der Waals surface area contributed by atoms with E-state index in [9.17, 15) is 9.90 Å². The molecular formula is C31H38N6O4. The summed E-state index contributed by atoms with van der Waals surface area (Å²) in [6.07, 6.45) is 6.36. The number of aldehydes is 1. The molecule has 4 heterocycles. The summed E-state index contributed by atoms with van der Waals surface area (Å²) in [6.45, 7) is 7.90. The maximum atomic E-state index is 10.8. The van der Waals surface area contributed by atoms with Gasteiger partial charge in [-0.15, -0.1) is 0 Å². The number of aromatic nitrogens is 2. The molecule has 1 N–H and O–H groups in total. The number of rotatable bonds is 9. The number of piperazine rings is 1. The molecule has 3 aromatic rings. The van der Waals surface area contributed by atoms with E-state index in [4.69, 9.17) is 19.4 Å². The second-order valence-corrected chi connectivity index (χ2v) is 10.9. The second kappa shape index (κ2) is 12.3. The quantitative estimate of drug-likeness (QED) is 0.312. The van der Waals surface area contributed by atoms with E-state index in [2.05, 4.69) is 25.7 Å². The van der Waals surface area contributed by atoms with Gasteiger partial charge in [0, 0.05) is 88.4 Å². The Kier molecular flexibility index (Phi) is 8.20. The van der Waals surface area contributed by atoms with Gasteiger partial charge in [-0.25, -0.2) is 0 Å². The van der Waals surface area contributed by atoms with Gasteiger partial charge in [-0.2, -0.15) is 9.97 Å². The normalized spacial score (nSPS) is 19.7. The number of likely N-dealkylation sites (tertiary alicyclic amines) is 1. The van der Waals surface area contributed by atoms with E-state index >= 15 is 0 Å². The molecule has 0 spiro atoms. The molecule has 0 radical (unpaired) electrons. The highest BCUT2D eigenvalue weighted by Crippen LogP contribution is 2.36. The van der Waals surface area contributed by atoms with Gasteiger partial charge in [0.1, 0.15) is 24.5 Å². The smallest absolute Gasteiger partial charge is 0.318 e. The summed E-state index contributed by atoms with van der Waals surface area (Å²) in [7, 11) is 1.77. The van der Waals surface area contributed by atoms with Crippen LogP contribution in [0.4, 0.5) is 11.5 Å². The molecule has 0 bridgehead atoms. The van der Waals surface area contributed by atoms with Crippen LogP contribution in [0, 0.1) is 0 Å². The number of carbonyl (C=O) groups is 1. The number of ether oxygens (including phenoxy) is 2. The van der Waals surface area contributed by atoms with Crippen molar-refractivity contribution in [1.82, 2.24) is 19.8 Å². The maximum absolute atomic E-state index is 10.8. The van der Waals surface area contributed by atoms with Crippen molar-refractivity contribution in [3.63, 3.8) is 0 Å². The van der Waals surface area contributed by atoms with Crippen LogP contribution in [0.3, 0.4) is 0 Å². The van der Waals surface area contributed by atoms with Gasteiger partial charge < -0.3 is 29.3 Å². The van der Waals surface area contributed by atoms with Crippen molar-refractivity contribution >= 4 is 28.6 Å². The minimum atomic E-state index is 0.260. The average Bonchev–Trinajstić information content (AvgIpc) is 3.47. The van der Waals surface area contributed by atoms with Gasteiger partial charge in [0.25, 0.3) is 0 Å². The Hall–Kier alpha value is -3.89. The number of allylic oxidation sites excluding steroid dienone is 1. The molecule has 3 aliphatic heterocycles. The lowest BCUT2D eigenvalue weighted by atomic mass is 10.0. The first kappa shape index (κ1) is 27.3. The molecule has 10 nitrogen and oxygen atoms in total. The summed E-state index contributed by atoms with van der Waals surface area (Å²) in [5.41, 5.74) is 3.14. The van der Waals surface area contributed by atoms with Gasteiger partial charge in [0.15, 0.2) is 0 Å². The van der Waals surface area contributed by atoms with Crippen molar-refractivity contribution in [2.75, 3.05) is 75.9 Å². The largest absolute Gasteiger partial charge is 0.508 e. The predicted molar refractivity (Wildman–Crippen MR) is 159 cm³/mol. The number of carbonyl (C=O) groups excluding carboxylic acids is 1. The number of nitrogens with zero attached hydrogens (tertiary/aromatic N) is 6. The van der Waals surface area contributed by atoms with Crippen LogP contribution in [0.5, 0.6) is 11.8 Å². The molecule has 41 heavy (non-hydrogen) atoms. The summed E-state index contributed by atoms with van der Waals surface area (Å²) in [5.74, 6) is 1.21. The maximum Gasteiger partial charge on any atom is 0.318 e. The Bertz CT molecular complexity index is 1410. The summed E-state index contributed by atoms with van der Waals surface area (Å²) < 4.78 is 11.7. The molecule has 10 heteroatoms. The number of phenolic OH excluding ortho intramolecular Hbond substituents is 1. The van der Waals surface area contributed by atoms with Gasteiger partial charge in [0.2, 0.25) is 0 Å². The predicted octanol–water partition coefficient (Wildman–Crippen LogP) is 2.83. The lowest BCUT2D eigenvalue weighted by Crippen LogP contribution is -2.45. The van der Waals surface area contributed by atoms with Crippen LogP contribution in [0.1, 0.15) is 17.7 Å². The molecule has 1 aromatic heterocycles. The first-order valence-corrected chi connectivity index (χ1v) is 14.5. The van der Waals surface area contributed by atoms with E-state index < -0.39 is 0 Å². The van der Waals surface area contributed by atoms with Crippen molar-refractivity contribution in [2.45, 2.75) is 25.5 Å². The van der Waals surface area contributed by atoms with Gasteiger partial charge in [-0.1, -0.05) is 24.3 Å². The fourth-order valence-corrected chi connectivity index (χ4v) is 6.16. The van der Waals surface area contributed by atoms with Crippen molar-refractivity contribution in [2.24, 2.45) is 0 Å². The number of benzene rings is 2. The van der Waals surface area contributed by atoms with Crippen LogP contribution < -0.4 is 14.5 Å². The summed E-state index contributed by atoms with van der Waals surface area (Å²) >= 11 is 0. The standard InChI is InChI=1S/C31H38N6O4/c1-40-25-7-10-35(21-25)16-18-41-31-32-28-22-37(29-20-24(39)19-23-5-2-3-6-26(23)29)11-8-27(28)30(33-31)36-14-12-34(13-15-36)9-4-17-38/h2-6,9,17,19-20,25,39H,7-8,10-16,18,21-22H2,1H3/t25-/m0/s1. The van der Waals surface area contributed by atoms with Crippen LogP contribution in [0.15, 0.2) is 48.7 Å². The summed E-state index contributed by atoms with van der Waals surface area (Å²) in [6, 6.07) is 12.2. The minimum Gasteiger partial charge on any atom is -0.508 e. The van der Waals surface area contributed by atoms with Gasteiger partial charge in [-0.05, 0) is 30.4 Å². The Labute approximate surface area is 240 Å². The molecule has 6 rings (SSSR count). The molecular weight excluding hydrogens is 520 g/mol. The van der Waals surface area contributed by atoms with E-state index in [-0.39, 0.29) is 5.75 Å². The summed E-state index contributed by atoms with van der Waals surface area (Å²) in [4.78, 5) is 29.8. The highest BCUT2D eigenvalue weighted by Gasteiger charge is 2.28. The van der Waals surface area contributed by atoms with Gasteiger partial charge in [-0.3, -0.25) is 9.69 Å². The zero-order chi connectivity index (χ0) is 28.2. The van der Waals surface area contributed by atoms with E-state index in [1.54, 1.807) is 13.2 Å². The number of hydrogen-bond acceptors (Lipinski definition) is 10. The number of hydrogen-bond donors (Lipinski definition) is 1. The van der Waals surface area contributed by atoms with E-state index in [1.165, 1.54) is 0 Å². The minimum absolute atomic E-state index is 0.260. The van der Waals surface area contributed by atoms with Crippen LogP contribution in [-0.2, 0) is 22.5 Å². The lowest BCUT2D eigenvalue weighted by Gasteiger charge is -2.38. The van der Waals surface area contributed by atoms with Crippen LogP contribution in [-0.4, -0.2) is 103 Å². The first-order chi connectivity index (χ1) is 20.1. The fourth-order valence-electron chi connectivity index (χ4n) is 6.16.